The van der Waals surface area contributed by atoms with E-state index >= 15 is 0 Å². The summed E-state index contributed by atoms with van der Waals surface area (Å²) in [4.78, 5) is 26.5. The summed E-state index contributed by atoms with van der Waals surface area (Å²) in [6.07, 6.45) is 3.52. The maximum atomic E-state index is 11.6. The Bertz CT molecular complexity index is 427. The quantitative estimate of drug-likeness (QED) is 0.787. The Morgan fingerprint density at radius 1 is 1.41 bits per heavy atom. The third-order valence-electron chi connectivity index (χ3n) is 2.87. The van der Waals surface area contributed by atoms with E-state index in [0.29, 0.717) is 19.3 Å². The van der Waals surface area contributed by atoms with Gasteiger partial charge in [-0.05, 0) is 31.4 Å². The van der Waals surface area contributed by atoms with Crippen LogP contribution in [-0.2, 0) is 16.0 Å². The molecule has 1 aliphatic rings. The first kappa shape index (κ1) is 11.6. The highest BCUT2D eigenvalue weighted by atomic mass is 16.4. The van der Waals surface area contributed by atoms with Crippen LogP contribution in [0.4, 0.5) is 0 Å². The maximum Gasteiger partial charge on any atom is 0.329 e. The zero-order valence-corrected chi connectivity index (χ0v) is 9.35. The molecule has 1 heterocycles. The van der Waals surface area contributed by atoms with Gasteiger partial charge in [-0.15, -0.1) is 0 Å². The van der Waals surface area contributed by atoms with Crippen molar-refractivity contribution in [2.75, 3.05) is 0 Å². The van der Waals surface area contributed by atoms with Gasteiger partial charge in [-0.1, -0.05) is 6.07 Å². The normalized spacial score (nSPS) is 16.2. The molecule has 1 aromatic heterocycles. The number of pyridine rings is 1. The van der Waals surface area contributed by atoms with Crippen LogP contribution in [0.3, 0.4) is 0 Å². The topological polar surface area (TPSA) is 79.3 Å². The Morgan fingerprint density at radius 2 is 2.18 bits per heavy atom. The van der Waals surface area contributed by atoms with E-state index in [4.69, 9.17) is 5.11 Å². The summed E-state index contributed by atoms with van der Waals surface area (Å²) in [7, 11) is 0. The van der Waals surface area contributed by atoms with E-state index in [2.05, 4.69) is 10.3 Å². The van der Waals surface area contributed by atoms with Crippen molar-refractivity contribution in [3.05, 3.63) is 30.1 Å². The second-order valence-electron chi connectivity index (χ2n) is 4.26. The second kappa shape index (κ2) is 4.53. The third-order valence-corrected chi connectivity index (χ3v) is 2.87. The molecule has 0 saturated heterocycles. The molecule has 5 nitrogen and oxygen atoms in total. The minimum absolute atomic E-state index is 0.226. The van der Waals surface area contributed by atoms with Gasteiger partial charge in [0.2, 0.25) is 5.91 Å². The molecule has 2 N–H and O–H groups in total. The molecule has 1 aliphatic carbocycles. The molecule has 90 valence electrons. The highest BCUT2D eigenvalue weighted by Crippen LogP contribution is 2.35. The monoisotopic (exact) mass is 234 g/mol. The van der Waals surface area contributed by atoms with Gasteiger partial charge in [0.05, 0.1) is 0 Å². The van der Waals surface area contributed by atoms with Crippen molar-refractivity contribution in [3.63, 3.8) is 0 Å². The fourth-order valence-corrected chi connectivity index (χ4v) is 1.63. The van der Waals surface area contributed by atoms with Gasteiger partial charge in [-0.2, -0.15) is 0 Å². The number of carbonyl (C=O) groups is 2. The average molecular weight is 234 g/mol. The summed E-state index contributed by atoms with van der Waals surface area (Å²) in [5, 5.41) is 11.5. The lowest BCUT2D eigenvalue weighted by atomic mass is 10.2. The Labute approximate surface area is 98.9 Å². The van der Waals surface area contributed by atoms with Crippen molar-refractivity contribution in [1.82, 2.24) is 10.3 Å². The van der Waals surface area contributed by atoms with E-state index < -0.39 is 11.5 Å². The van der Waals surface area contributed by atoms with Crippen molar-refractivity contribution in [2.45, 2.75) is 31.2 Å². The maximum absolute atomic E-state index is 11.6. The van der Waals surface area contributed by atoms with Gasteiger partial charge < -0.3 is 10.4 Å². The van der Waals surface area contributed by atoms with Crippen LogP contribution in [0.5, 0.6) is 0 Å². The number of carboxylic acid groups (broad SMARTS) is 1. The molecule has 0 bridgehead atoms. The average Bonchev–Trinajstić information content (AvgIpc) is 3.09. The van der Waals surface area contributed by atoms with Crippen LogP contribution >= 0.6 is 0 Å². The molecule has 0 spiro atoms. The van der Waals surface area contributed by atoms with E-state index in [1.54, 1.807) is 6.20 Å². The van der Waals surface area contributed by atoms with Crippen LogP contribution in [0.25, 0.3) is 0 Å². The largest absolute Gasteiger partial charge is 0.480 e. The second-order valence-corrected chi connectivity index (χ2v) is 4.26. The van der Waals surface area contributed by atoms with E-state index in [1.165, 1.54) is 0 Å². The lowest BCUT2D eigenvalue weighted by Crippen LogP contribution is -2.43. The number of hydrogen-bond donors (Lipinski definition) is 2. The van der Waals surface area contributed by atoms with Crippen molar-refractivity contribution >= 4 is 11.9 Å². The SMILES string of the molecule is O=C(CCc1ccccn1)NC1(C(=O)O)CC1. The molecule has 0 aromatic carbocycles. The van der Waals surface area contributed by atoms with Crippen LogP contribution < -0.4 is 5.32 Å². The van der Waals surface area contributed by atoms with Gasteiger partial charge in [0.25, 0.3) is 0 Å². The van der Waals surface area contributed by atoms with Gasteiger partial charge in [0.1, 0.15) is 5.54 Å². The number of aromatic nitrogens is 1. The lowest BCUT2D eigenvalue weighted by Gasteiger charge is -2.11. The zero-order chi connectivity index (χ0) is 12.3. The number of aryl methyl sites for hydroxylation is 1. The molecule has 1 fully saturated rings. The number of carboxylic acids is 1. The van der Waals surface area contributed by atoms with Crippen LogP contribution in [0.15, 0.2) is 24.4 Å². The van der Waals surface area contributed by atoms with E-state index in [0.717, 1.165) is 5.69 Å². The minimum atomic E-state index is -0.985. The number of aliphatic carboxylic acids is 1. The molecule has 1 aromatic rings. The third kappa shape index (κ3) is 2.81. The molecule has 0 aliphatic heterocycles. The molecule has 0 atom stereocenters. The fraction of sp³-hybridized carbons (Fsp3) is 0.417. The first-order valence-electron chi connectivity index (χ1n) is 5.57. The predicted octanol–water partition coefficient (Wildman–Crippen LogP) is 0.748. The Morgan fingerprint density at radius 3 is 2.71 bits per heavy atom. The molecule has 2 rings (SSSR count). The minimum Gasteiger partial charge on any atom is -0.480 e. The molecule has 1 amide bonds. The number of nitrogens with zero attached hydrogens (tertiary/aromatic N) is 1. The summed E-state index contributed by atoms with van der Waals surface area (Å²) in [5.74, 6) is -1.17. The molecule has 5 heteroatoms. The van der Waals surface area contributed by atoms with Crippen LogP contribution in [-0.4, -0.2) is 27.5 Å². The molecule has 17 heavy (non-hydrogen) atoms. The number of amides is 1. The fourth-order valence-electron chi connectivity index (χ4n) is 1.63. The number of hydrogen-bond acceptors (Lipinski definition) is 3. The van der Waals surface area contributed by atoms with E-state index in [-0.39, 0.29) is 12.3 Å². The standard InChI is InChI=1S/C12H14N2O3/c15-10(14-12(6-7-12)11(16)17)5-4-9-3-1-2-8-13-9/h1-3,8H,4-7H2,(H,14,15)(H,16,17). The smallest absolute Gasteiger partial charge is 0.329 e. The Balaban J connectivity index is 1.81. The summed E-state index contributed by atoms with van der Waals surface area (Å²) < 4.78 is 0. The summed E-state index contributed by atoms with van der Waals surface area (Å²) >= 11 is 0. The van der Waals surface area contributed by atoms with Gasteiger partial charge in [0.15, 0.2) is 0 Å². The first-order chi connectivity index (χ1) is 8.12. The molecule has 0 unspecified atom stereocenters. The van der Waals surface area contributed by atoms with E-state index in [9.17, 15) is 9.59 Å². The highest BCUT2D eigenvalue weighted by Gasteiger charge is 2.51. The number of carbonyl (C=O) groups excluding carboxylic acids is 1. The van der Waals surface area contributed by atoms with Gasteiger partial charge in [0, 0.05) is 18.3 Å². The summed E-state index contributed by atoms with van der Waals surface area (Å²) in [5.41, 5.74) is -0.149. The van der Waals surface area contributed by atoms with Crippen molar-refractivity contribution in [2.24, 2.45) is 0 Å². The number of rotatable bonds is 5. The molecular weight excluding hydrogens is 220 g/mol. The van der Waals surface area contributed by atoms with Crippen molar-refractivity contribution in [1.29, 1.82) is 0 Å². The van der Waals surface area contributed by atoms with Crippen LogP contribution in [0.1, 0.15) is 25.0 Å². The summed E-state index contributed by atoms with van der Waals surface area (Å²) in [6, 6.07) is 5.52. The first-order valence-corrected chi connectivity index (χ1v) is 5.57. The lowest BCUT2D eigenvalue weighted by molar-refractivity contribution is -0.143. The van der Waals surface area contributed by atoms with Crippen LogP contribution in [0, 0.1) is 0 Å². The van der Waals surface area contributed by atoms with Gasteiger partial charge >= 0.3 is 5.97 Å². The molecule has 1 saturated carbocycles. The van der Waals surface area contributed by atoms with Crippen molar-refractivity contribution in [3.8, 4) is 0 Å². The Kier molecular flexibility index (Phi) is 3.08. The van der Waals surface area contributed by atoms with E-state index in [1.807, 2.05) is 18.2 Å². The Hall–Kier alpha value is -1.91. The molecule has 0 radical (unpaired) electrons. The van der Waals surface area contributed by atoms with Gasteiger partial charge in [-0.25, -0.2) is 4.79 Å². The zero-order valence-electron chi connectivity index (χ0n) is 9.35. The summed E-state index contributed by atoms with van der Waals surface area (Å²) in [6.45, 7) is 0. The number of nitrogens with one attached hydrogen (secondary N) is 1. The predicted molar refractivity (Wildman–Crippen MR) is 60.3 cm³/mol. The highest BCUT2D eigenvalue weighted by molar-refractivity contribution is 5.89. The van der Waals surface area contributed by atoms with Gasteiger partial charge in [-0.3, -0.25) is 9.78 Å². The molecular formula is C12H14N2O3. The van der Waals surface area contributed by atoms with Crippen LogP contribution in [0.2, 0.25) is 0 Å². The van der Waals surface area contributed by atoms with Crippen molar-refractivity contribution < 1.29 is 14.7 Å².